The highest BCUT2D eigenvalue weighted by Crippen LogP contribution is 2.09. The zero-order valence-electron chi connectivity index (χ0n) is 17.7. The van der Waals surface area contributed by atoms with Crippen molar-refractivity contribution in [2.45, 2.75) is 40.5 Å². The van der Waals surface area contributed by atoms with Gasteiger partial charge in [0.2, 0.25) is 0 Å². The van der Waals surface area contributed by atoms with E-state index in [-0.39, 0.29) is 24.0 Å². The van der Waals surface area contributed by atoms with Crippen LogP contribution in [-0.2, 0) is 29.2 Å². The number of benzene rings is 2. The maximum absolute atomic E-state index is 5.65. The molecule has 0 radical (unpaired) electrons. The van der Waals surface area contributed by atoms with Gasteiger partial charge >= 0.3 is 0 Å². The van der Waals surface area contributed by atoms with E-state index in [2.05, 4.69) is 73.0 Å². The van der Waals surface area contributed by atoms with Crippen molar-refractivity contribution in [3.63, 3.8) is 0 Å². The fourth-order valence-electron chi connectivity index (χ4n) is 2.77. The molecule has 160 valence electrons. The number of nitrogens with zero attached hydrogens (tertiary/aromatic N) is 1. The lowest BCUT2D eigenvalue weighted by Crippen LogP contribution is -2.36. The van der Waals surface area contributed by atoms with Gasteiger partial charge in [-0.3, -0.25) is 0 Å². The van der Waals surface area contributed by atoms with Gasteiger partial charge in [0.25, 0.3) is 0 Å². The van der Waals surface area contributed by atoms with Gasteiger partial charge < -0.3 is 20.1 Å². The van der Waals surface area contributed by atoms with Crippen molar-refractivity contribution in [1.82, 2.24) is 10.6 Å². The number of aryl methyl sites for hydroxylation is 1. The van der Waals surface area contributed by atoms with Crippen LogP contribution in [0.2, 0.25) is 0 Å². The molecule has 2 N–H and O–H groups in total. The van der Waals surface area contributed by atoms with E-state index in [1.807, 2.05) is 6.92 Å². The molecule has 0 saturated carbocycles. The average Bonchev–Trinajstić information content (AvgIpc) is 2.71. The zero-order valence-corrected chi connectivity index (χ0v) is 20.1. The van der Waals surface area contributed by atoms with E-state index in [9.17, 15) is 0 Å². The Hall–Kier alpha value is -1.64. The van der Waals surface area contributed by atoms with Gasteiger partial charge in [-0.2, -0.15) is 0 Å². The van der Waals surface area contributed by atoms with Crippen LogP contribution in [0.3, 0.4) is 0 Å². The van der Waals surface area contributed by atoms with Crippen LogP contribution >= 0.6 is 24.0 Å². The minimum Gasteiger partial charge on any atom is -0.379 e. The predicted octanol–water partition coefficient (Wildman–Crippen LogP) is 4.42. The lowest BCUT2D eigenvalue weighted by Gasteiger charge is -2.13. The van der Waals surface area contributed by atoms with Crippen molar-refractivity contribution >= 4 is 29.9 Å². The molecule has 0 fully saturated rings. The van der Waals surface area contributed by atoms with Gasteiger partial charge in [-0.05, 0) is 43.0 Å². The molecule has 0 heterocycles. The van der Waals surface area contributed by atoms with Crippen LogP contribution in [0.1, 0.15) is 36.1 Å². The Bertz CT molecular complexity index is 738. The van der Waals surface area contributed by atoms with Gasteiger partial charge in [0, 0.05) is 19.7 Å². The Morgan fingerprint density at radius 3 is 2.45 bits per heavy atom. The van der Waals surface area contributed by atoms with E-state index in [1.165, 1.54) is 16.7 Å². The van der Waals surface area contributed by atoms with Crippen molar-refractivity contribution in [2.75, 3.05) is 26.4 Å². The second-order valence-electron chi connectivity index (χ2n) is 6.54. The van der Waals surface area contributed by atoms with E-state index in [0.29, 0.717) is 26.4 Å². The third-order valence-corrected chi connectivity index (χ3v) is 4.31. The highest BCUT2D eigenvalue weighted by Gasteiger charge is 2.02. The van der Waals surface area contributed by atoms with Gasteiger partial charge in [-0.25, -0.2) is 4.99 Å². The summed E-state index contributed by atoms with van der Waals surface area (Å²) in [5, 5.41) is 6.73. The van der Waals surface area contributed by atoms with Crippen LogP contribution in [-0.4, -0.2) is 32.3 Å². The Morgan fingerprint density at radius 1 is 0.931 bits per heavy atom. The first kappa shape index (κ1) is 25.4. The van der Waals surface area contributed by atoms with Crippen molar-refractivity contribution in [1.29, 1.82) is 0 Å². The molecule has 2 rings (SSSR count). The second-order valence-corrected chi connectivity index (χ2v) is 6.54. The first-order chi connectivity index (χ1) is 13.7. The van der Waals surface area contributed by atoms with Crippen LogP contribution in [0.5, 0.6) is 0 Å². The van der Waals surface area contributed by atoms with Gasteiger partial charge in [-0.15, -0.1) is 24.0 Å². The number of halogens is 1. The maximum Gasteiger partial charge on any atom is 0.191 e. The number of aliphatic imine (C=N–C) groups is 1. The minimum absolute atomic E-state index is 0. The van der Waals surface area contributed by atoms with E-state index < -0.39 is 0 Å². The number of hydrogen-bond donors (Lipinski definition) is 2. The molecule has 0 bridgehead atoms. The van der Waals surface area contributed by atoms with E-state index in [0.717, 1.165) is 31.2 Å². The third kappa shape index (κ3) is 10.1. The summed E-state index contributed by atoms with van der Waals surface area (Å²) in [5.41, 5.74) is 4.88. The van der Waals surface area contributed by atoms with E-state index in [4.69, 9.17) is 14.5 Å². The number of rotatable bonds is 11. The van der Waals surface area contributed by atoms with Crippen molar-refractivity contribution < 1.29 is 9.47 Å². The van der Waals surface area contributed by atoms with Gasteiger partial charge in [0.1, 0.15) is 0 Å². The molecular formula is C23H34IN3O2. The lowest BCUT2D eigenvalue weighted by atomic mass is 10.1. The molecule has 29 heavy (non-hydrogen) atoms. The number of guanidine groups is 1. The molecule has 0 amide bonds. The normalized spacial score (nSPS) is 11.1. The minimum atomic E-state index is 0. The average molecular weight is 511 g/mol. The van der Waals surface area contributed by atoms with Crippen LogP contribution in [0.4, 0.5) is 0 Å². The Kier molecular flexibility index (Phi) is 13.3. The van der Waals surface area contributed by atoms with Crippen molar-refractivity contribution in [3.8, 4) is 0 Å². The standard InChI is InChI=1S/C23H33N3O2.HI/c1-4-24-23(26-17-22-12-7-6-9-19(22)3)25-16-20-10-8-11-21(15-20)18-28-14-13-27-5-2;/h6-12,15H,4-5,13-14,16-18H2,1-3H3,(H2,24,25,26);1H. The summed E-state index contributed by atoms with van der Waals surface area (Å²) in [4.78, 5) is 4.72. The maximum atomic E-state index is 5.65. The van der Waals surface area contributed by atoms with Crippen molar-refractivity contribution in [2.24, 2.45) is 4.99 Å². The summed E-state index contributed by atoms with van der Waals surface area (Å²) in [6.07, 6.45) is 0. The quantitative estimate of drug-likeness (QED) is 0.203. The Labute approximate surface area is 192 Å². The summed E-state index contributed by atoms with van der Waals surface area (Å²) >= 11 is 0. The van der Waals surface area contributed by atoms with Crippen molar-refractivity contribution in [3.05, 3.63) is 70.8 Å². The molecule has 2 aromatic carbocycles. The van der Waals surface area contributed by atoms with Gasteiger partial charge in [-0.1, -0.05) is 48.5 Å². The largest absolute Gasteiger partial charge is 0.379 e. The molecule has 0 aliphatic heterocycles. The molecule has 0 saturated heterocycles. The fraction of sp³-hybridized carbons (Fsp3) is 0.435. The molecule has 5 nitrogen and oxygen atoms in total. The van der Waals surface area contributed by atoms with E-state index >= 15 is 0 Å². The molecule has 0 unspecified atom stereocenters. The summed E-state index contributed by atoms with van der Waals surface area (Å²) in [6.45, 7) is 11.0. The van der Waals surface area contributed by atoms with Gasteiger partial charge in [0.05, 0.1) is 26.4 Å². The fourth-order valence-corrected chi connectivity index (χ4v) is 2.77. The summed E-state index contributed by atoms with van der Waals surface area (Å²) in [6, 6.07) is 16.8. The second kappa shape index (κ2) is 15.2. The van der Waals surface area contributed by atoms with Crippen LogP contribution in [0.25, 0.3) is 0 Å². The Balaban J connectivity index is 0.00000420. The summed E-state index contributed by atoms with van der Waals surface area (Å²) in [7, 11) is 0. The third-order valence-electron chi connectivity index (χ3n) is 4.31. The molecule has 0 aromatic heterocycles. The number of ether oxygens (including phenoxy) is 2. The first-order valence-corrected chi connectivity index (χ1v) is 10.0. The summed E-state index contributed by atoms with van der Waals surface area (Å²) in [5.74, 6) is 0.823. The first-order valence-electron chi connectivity index (χ1n) is 10.0. The number of hydrogen-bond acceptors (Lipinski definition) is 3. The summed E-state index contributed by atoms with van der Waals surface area (Å²) < 4.78 is 10.9. The highest BCUT2D eigenvalue weighted by atomic mass is 127. The predicted molar refractivity (Wildman–Crippen MR) is 131 cm³/mol. The SMILES string of the molecule is CCNC(=NCc1cccc(COCCOCC)c1)NCc1ccccc1C.I. The van der Waals surface area contributed by atoms with Gasteiger partial charge in [0.15, 0.2) is 5.96 Å². The topological polar surface area (TPSA) is 54.9 Å². The van der Waals surface area contributed by atoms with Crippen LogP contribution < -0.4 is 10.6 Å². The molecular weight excluding hydrogens is 477 g/mol. The molecule has 2 aromatic rings. The lowest BCUT2D eigenvalue weighted by molar-refractivity contribution is 0.0453. The van der Waals surface area contributed by atoms with Crippen LogP contribution in [0.15, 0.2) is 53.5 Å². The molecule has 0 aliphatic rings. The van der Waals surface area contributed by atoms with E-state index in [1.54, 1.807) is 0 Å². The molecule has 0 spiro atoms. The smallest absolute Gasteiger partial charge is 0.191 e. The molecule has 0 atom stereocenters. The molecule has 0 aliphatic carbocycles. The molecule has 6 heteroatoms. The monoisotopic (exact) mass is 511 g/mol. The Morgan fingerprint density at radius 2 is 1.69 bits per heavy atom. The number of nitrogens with one attached hydrogen (secondary N) is 2. The highest BCUT2D eigenvalue weighted by molar-refractivity contribution is 14.0. The zero-order chi connectivity index (χ0) is 20.0. The van der Waals surface area contributed by atoms with Crippen LogP contribution in [0, 0.1) is 6.92 Å².